The third kappa shape index (κ3) is 5.29. The Bertz CT molecular complexity index is 787. The molecule has 2 N–H and O–H groups in total. The summed E-state index contributed by atoms with van der Waals surface area (Å²) in [5, 5.41) is 14.9. The third-order valence-electron chi connectivity index (χ3n) is 3.53. The van der Waals surface area contributed by atoms with Gasteiger partial charge in [-0.1, -0.05) is 42.0 Å². The molecular weight excluding hydrogens is 298 g/mol. The van der Waals surface area contributed by atoms with Gasteiger partial charge in [0.15, 0.2) is 0 Å². The van der Waals surface area contributed by atoms with Crippen LogP contribution in [0.2, 0.25) is 0 Å². The Morgan fingerprint density at radius 1 is 1.12 bits per heavy atom. The lowest BCUT2D eigenvalue weighted by atomic mass is 10.1. The summed E-state index contributed by atoms with van der Waals surface area (Å²) in [6.07, 6.45) is 2.30. The molecule has 0 radical (unpaired) electrons. The second kappa shape index (κ2) is 8.54. The molecule has 0 bridgehead atoms. The number of hydrogen-bond donors (Lipinski definition) is 2. The molecule has 1 amide bonds. The highest BCUT2D eigenvalue weighted by molar-refractivity contribution is 6.06. The maximum atomic E-state index is 12.1. The van der Waals surface area contributed by atoms with Crippen molar-refractivity contribution < 1.29 is 4.79 Å². The Morgan fingerprint density at radius 3 is 2.50 bits per heavy atom. The Kier molecular flexibility index (Phi) is 6.16. The summed E-state index contributed by atoms with van der Waals surface area (Å²) in [5.74, 6) is -0.411. The molecule has 24 heavy (non-hydrogen) atoms. The summed E-state index contributed by atoms with van der Waals surface area (Å²) in [6, 6.07) is 17.7. The Labute approximate surface area is 142 Å². The van der Waals surface area contributed by atoms with Crippen LogP contribution in [0.4, 0.5) is 5.69 Å². The second-order valence-corrected chi connectivity index (χ2v) is 5.69. The highest BCUT2D eigenvalue weighted by Crippen LogP contribution is 2.10. The van der Waals surface area contributed by atoms with Crippen molar-refractivity contribution in [2.75, 3.05) is 11.9 Å². The van der Waals surface area contributed by atoms with E-state index in [2.05, 4.69) is 35.8 Å². The van der Waals surface area contributed by atoms with Crippen LogP contribution >= 0.6 is 0 Å². The van der Waals surface area contributed by atoms with Crippen molar-refractivity contribution in [2.24, 2.45) is 0 Å². The third-order valence-corrected chi connectivity index (χ3v) is 3.53. The minimum atomic E-state index is -0.411. The lowest BCUT2D eigenvalue weighted by Gasteiger charge is -2.06. The van der Waals surface area contributed by atoms with Crippen molar-refractivity contribution in [3.63, 3.8) is 0 Å². The van der Waals surface area contributed by atoms with Gasteiger partial charge in [-0.15, -0.1) is 0 Å². The molecule has 4 heteroatoms. The fraction of sp³-hybridized carbons (Fsp3) is 0.200. The molecule has 122 valence electrons. The molecular formula is C20H21N3O. The molecule has 0 aliphatic heterocycles. The molecule has 4 nitrogen and oxygen atoms in total. The molecule has 0 aliphatic rings. The van der Waals surface area contributed by atoms with Crippen LogP contribution in [-0.2, 0) is 11.2 Å². The summed E-state index contributed by atoms with van der Waals surface area (Å²) in [4.78, 5) is 12.1. The summed E-state index contributed by atoms with van der Waals surface area (Å²) >= 11 is 0. The predicted molar refractivity (Wildman–Crippen MR) is 96.4 cm³/mol. The Hall–Kier alpha value is -3.06. The van der Waals surface area contributed by atoms with E-state index in [4.69, 9.17) is 5.26 Å². The summed E-state index contributed by atoms with van der Waals surface area (Å²) in [6.45, 7) is 4.66. The van der Waals surface area contributed by atoms with Crippen LogP contribution in [-0.4, -0.2) is 12.5 Å². The predicted octanol–water partition coefficient (Wildman–Crippen LogP) is 3.48. The molecule has 0 aliphatic carbocycles. The van der Waals surface area contributed by atoms with E-state index >= 15 is 0 Å². The average Bonchev–Trinajstić information content (AvgIpc) is 2.55. The van der Waals surface area contributed by atoms with Crippen molar-refractivity contribution in [2.45, 2.75) is 20.3 Å². The SMILES string of the molecule is Cc1cccc(CCN/C=C(/C#N)C(=O)Nc2cccc(C)c2)c1. The zero-order valence-electron chi connectivity index (χ0n) is 14.0. The highest BCUT2D eigenvalue weighted by atomic mass is 16.1. The minimum absolute atomic E-state index is 0.0562. The molecule has 0 unspecified atom stereocenters. The minimum Gasteiger partial charge on any atom is -0.389 e. The number of benzene rings is 2. The van der Waals surface area contributed by atoms with E-state index in [1.54, 1.807) is 6.07 Å². The number of rotatable bonds is 6. The van der Waals surface area contributed by atoms with E-state index in [0.29, 0.717) is 12.2 Å². The van der Waals surface area contributed by atoms with Gasteiger partial charge in [0.2, 0.25) is 0 Å². The van der Waals surface area contributed by atoms with Gasteiger partial charge in [-0.2, -0.15) is 5.26 Å². The first-order valence-corrected chi connectivity index (χ1v) is 7.85. The van der Waals surface area contributed by atoms with Crippen molar-refractivity contribution in [1.29, 1.82) is 5.26 Å². The number of nitrogens with one attached hydrogen (secondary N) is 2. The van der Waals surface area contributed by atoms with Crippen molar-refractivity contribution in [3.8, 4) is 6.07 Å². The average molecular weight is 319 g/mol. The monoisotopic (exact) mass is 319 g/mol. The van der Waals surface area contributed by atoms with Crippen LogP contribution in [0.1, 0.15) is 16.7 Å². The maximum Gasteiger partial charge on any atom is 0.267 e. The highest BCUT2D eigenvalue weighted by Gasteiger charge is 2.09. The maximum absolute atomic E-state index is 12.1. The first-order chi connectivity index (χ1) is 11.6. The van der Waals surface area contributed by atoms with Crippen LogP contribution in [0.25, 0.3) is 0 Å². The Balaban J connectivity index is 1.89. The molecule has 2 aromatic rings. The van der Waals surface area contributed by atoms with Crippen LogP contribution in [0, 0.1) is 25.2 Å². The van der Waals surface area contributed by atoms with Gasteiger partial charge >= 0.3 is 0 Å². The van der Waals surface area contributed by atoms with E-state index in [-0.39, 0.29) is 5.57 Å². The zero-order valence-corrected chi connectivity index (χ0v) is 14.0. The second-order valence-electron chi connectivity index (χ2n) is 5.69. The zero-order chi connectivity index (χ0) is 17.4. The number of hydrogen-bond acceptors (Lipinski definition) is 3. The van der Waals surface area contributed by atoms with E-state index in [1.165, 1.54) is 17.3 Å². The van der Waals surface area contributed by atoms with Gasteiger partial charge in [0.05, 0.1) is 0 Å². The number of aryl methyl sites for hydroxylation is 2. The van der Waals surface area contributed by atoms with Gasteiger partial charge in [0.1, 0.15) is 11.6 Å². The van der Waals surface area contributed by atoms with E-state index < -0.39 is 5.91 Å². The van der Waals surface area contributed by atoms with Crippen LogP contribution in [0.3, 0.4) is 0 Å². The number of carbonyl (C=O) groups excluding carboxylic acids is 1. The van der Waals surface area contributed by atoms with Crippen LogP contribution < -0.4 is 10.6 Å². The summed E-state index contributed by atoms with van der Waals surface area (Å²) in [5.41, 5.74) is 4.23. The normalized spacial score (nSPS) is 10.8. The Morgan fingerprint density at radius 2 is 1.83 bits per heavy atom. The van der Waals surface area contributed by atoms with Gasteiger partial charge in [-0.25, -0.2) is 0 Å². The van der Waals surface area contributed by atoms with Crippen molar-refractivity contribution >= 4 is 11.6 Å². The number of carbonyl (C=O) groups is 1. The number of nitrogens with zero attached hydrogens (tertiary/aromatic N) is 1. The van der Waals surface area contributed by atoms with E-state index in [0.717, 1.165) is 12.0 Å². The van der Waals surface area contributed by atoms with E-state index in [9.17, 15) is 4.79 Å². The first kappa shape index (κ1) is 17.3. The molecule has 0 saturated heterocycles. The molecule has 0 fully saturated rings. The van der Waals surface area contributed by atoms with Gasteiger partial charge in [0, 0.05) is 18.4 Å². The van der Waals surface area contributed by atoms with Gasteiger partial charge in [-0.05, 0) is 43.5 Å². The quantitative estimate of drug-likeness (QED) is 0.487. The standard InChI is InChI=1S/C20H21N3O/c1-15-5-3-7-17(11-15)9-10-22-14-18(13-21)20(24)23-19-8-4-6-16(2)12-19/h3-8,11-12,14,22H,9-10H2,1-2H3,(H,23,24)/b18-14-. The fourth-order valence-corrected chi connectivity index (χ4v) is 2.33. The fourth-order valence-electron chi connectivity index (χ4n) is 2.33. The molecule has 0 aromatic heterocycles. The van der Waals surface area contributed by atoms with Gasteiger partial charge in [0.25, 0.3) is 5.91 Å². The summed E-state index contributed by atoms with van der Waals surface area (Å²) < 4.78 is 0. The molecule has 2 rings (SSSR count). The lowest BCUT2D eigenvalue weighted by Crippen LogP contribution is -2.18. The lowest BCUT2D eigenvalue weighted by molar-refractivity contribution is -0.112. The molecule has 0 heterocycles. The number of anilines is 1. The van der Waals surface area contributed by atoms with E-state index in [1.807, 2.05) is 37.3 Å². The number of amides is 1. The smallest absolute Gasteiger partial charge is 0.267 e. The van der Waals surface area contributed by atoms with Gasteiger partial charge in [-0.3, -0.25) is 4.79 Å². The van der Waals surface area contributed by atoms with Crippen LogP contribution in [0.15, 0.2) is 60.3 Å². The van der Waals surface area contributed by atoms with Crippen molar-refractivity contribution in [1.82, 2.24) is 5.32 Å². The number of nitriles is 1. The topological polar surface area (TPSA) is 64.9 Å². The molecule has 0 atom stereocenters. The largest absolute Gasteiger partial charge is 0.389 e. The van der Waals surface area contributed by atoms with Gasteiger partial charge < -0.3 is 10.6 Å². The first-order valence-electron chi connectivity index (χ1n) is 7.85. The van der Waals surface area contributed by atoms with Crippen molar-refractivity contribution in [3.05, 3.63) is 77.0 Å². The summed E-state index contributed by atoms with van der Waals surface area (Å²) in [7, 11) is 0. The molecule has 0 saturated carbocycles. The van der Waals surface area contributed by atoms with Crippen LogP contribution in [0.5, 0.6) is 0 Å². The molecule has 0 spiro atoms. The molecule has 2 aromatic carbocycles.